The molecule has 2 unspecified atom stereocenters. The second kappa shape index (κ2) is 7.00. The highest BCUT2D eigenvalue weighted by molar-refractivity contribution is 5.16. The second-order valence-corrected chi connectivity index (χ2v) is 5.79. The van der Waals surface area contributed by atoms with E-state index >= 15 is 0 Å². The molecular weight excluding hydrogens is 283 g/mol. The highest BCUT2D eigenvalue weighted by Gasteiger charge is 2.23. The summed E-state index contributed by atoms with van der Waals surface area (Å²) in [5, 5.41) is 20.6. The zero-order chi connectivity index (χ0) is 15.4. The van der Waals surface area contributed by atoms with Crippen molar-refractivity contribution in [3.05, 3.63) is 53.6 Å². The molecule has 118 valence electrons. The predicted octanol–water partition coefficient (Wildman–Crippen LogP) is 0.740. The van der Waals surface area contributed by atoms with E-state index in [1.165, 1.54) is 12.1 Å². The number of rotatable bonds is 6. The van der Waals surface area contributed by atoms with Crippen LogP contribution in [0.2, 0.25) is 0 Å². The molecule has 0 aliphatic carbocycles. The lowest BCUT2D eigenvalue weighted by atomic mass is 10.1. The summed E-state index contributed by atoms with van der Waals surface area (Å²) >= 11 is 0. The number of hydrogen-bond acceptors (Lipinski definition) is 4. The number of aliphatic hydroxyl groups is 1. The van der Waals surface area contributed by atoms with Gasteiger partial charge in [-0.15, -0.1) is 0 Å². The Hall–Kier alpha value is -1.76. The summed E-state index contributed by atoms with van der Waals surface area (Å²) in [6.45, 7) is 3.69. The van der Waals surface area contributed by atoms with Crippen molar-refractivity contribution in [2.45, 2.75) is 19.2 Å². The van der Waals surface area contributed by atoms with E-state index in [2.05, 4.69) is 15.7 Å². The largest absolute Gasteiger partial charge is 0.391 e. The van der Waals surface area contributed by atoms with Crippen molar-refractivity contribution in [2.24, 2.45) is 5.92 Å². The number of halogens is 1. The topological polar surface area (TPSA) is 62.1 Å². The van der Waals surface area contributed by atoms with Crippen LogP contribution >= 0.6 is 0 Å². The minimum atomic E-state index is -0.256. The Labute approximate surface area is 129 Å². The van der Waals surface area contributed by atoms with Gasteiger partial charge in [0, 0.05) is 43.9 Å². The van der Waals surface area contributed by atoms with Gasteiger partial charge in [0.05, 0.1) is 18.8 Å². The molecule has 1 aliphatic heterocycles. The molecule has 1 aliphatic rings. The number of benzene rings is 1. The van der Waals surface area contributed by atoms with E-state index in [4.69, 9.17) is 0 Å². The molecule has 1 aromatic carbocycles. The molecule has 0 bridgehead atoms. The highest BCUT2D eigenvalue weighted by Crippen LogP contribution is 2.08. The van der Waals surface area contributed by atoms with E-state index < -0.39 is 0 Å². The van der Waals surface area contributed by atoms with Crippen LogP contribution in [0, 0.1) is 11.7 Å². The Bertz CT molecular complexity index is 598. The molecule has 2 atom stereocenters. The van der Waals surface area contributed by atoms with Gasteiger partial charge < -0.3 is 15.7 Å². The lowest BCUT2D eigenvalue weighted by molar-refractivity contribution is 0.146. The van der Waals surface area contributed by atoms with Crippen molar-refractivity contribution >= 4 is 0 Å². The molecule has 1 aromatic heterocycles. The van der Waals surface area contributed by atoms with Crippen molar-refractivity contribution in [3.63, 3.8) is 0 Å². The van der Waals surface area contributed by atoms with Gasteiger partial charge in [-0.2, -0.15) is 5.10 Å². The Balaban J connectivity index is 1.47. The molecule has 6 heteroatoms. The molecular formula is C16H21FN4O. The van der Waals surface area contributed by atoms with Crippen LogP contribution in [0.1, 0.15) is 11.1 Å². The summed E-state index contributed by atoms with van der Waals surface area (Å²) < 4.78 is 14.7. The van der Waals surface area contributed by atoms with Gasteiger partial charge in [0.2, 0.25) is 0 Å². The lowest BCUT2D eigenvalue weighted by Gasteiger charge is -2.13. The average molecular weight is 304 g/mol. The number of β-amino-alcohol motifs (C(OH)–C–C–N with tert-alkyl or cyclic N) is 1. The summed E-state index contributed by atoms with van der Waals surface area (Å²) in [6, 6.07) is 6.46. The van der Waals surface area contributed by atoms with E-state index in [0.29, 0.717) is 13.1 Å². The van der Waals surface area contributed by atoms with Crippen LogP contribution < -0.4 is 10.6 Å². The average Bonchev–Trinajstić information content (AvgIpc) is 3.12. The molecule has 1 fully saturated rings. The molecule has 22 heavy (non-hydrogen) atoms. The first-order valence-electron chi connectivity index (χ1n) is 7.56. The lowest BCUT2D eigenvalue weighted by Crippen LogP contribution is -2.30. The van der Waals surface area contributed by atoms with Gasteiger partial charge in [-0.05, 0) is 17.7 Å². The van der Waals surface area contributed by atoms with E-state index in [1.54, 1.807) is 12.1 Å². The summed E-state index contributed by atoms with van der Waals surface area (Å²) in [6.07, 6.45) is 3.56. The van der Waals surface area contributed by atoms with Crippen molar-refractivity contribution in [1.29, 1.82) is 0 Å². The van der Waals surface area contributed by atoms with E-state index in [0.717, 1.165) is 30.8 Å². The fourth-order valence-electron chi connectivity index (χ4n) is 2.69. The van der Waals surface area contributed by atoms with Crippen LogP contribution in [-0.2, 0) is 13.1 Å². The Kier molecular flexibility index (Phi) is 4.82. The van der Waals surface area contributed by atoms with Gasteiger partial charge in [-0.1, -0.05) is 12.1 Å². The zero-order valence-electron chi connectivity index (χ0n) is 12.4. The summed E-state index contributed by atoms with van der Waals surface area (Å²) in [7, 11) is 0. The minimum Gasteiger partial charge on any atom is -0.391 e. The number of aliphatic hydroxyl groups excluding tert-OH is 1. The van der Waals surface area contributed by atoms with Gasteiger partial charge in [0.15, 0.2) is 0 Å². The second-order valence-electron chi connectivity index (χ2n) is 5.79. The quantitative estimate of drug-likeness (QED) is 0.737. The normalized spacial score (nSPS) is 21.4. The SMILES string of the molecule is OC1CNCC1CNCc1cnn(Cc2ccc(F)cc2)c1. The number of nitrogens with one attached hydrogen (secondary N) is 2. The first-order chi connectivity index (χ1) is 10.7. The Morgan fingerprint density at radius 3 is 2.82 bits per heavy atom. The maximum absolute atomic E-state index is 12.9. The number of nitrogens with zero attached hydrogens (tertiary/aromatic N) is 2. The van der Waals surface area contributed by atoms with Crippen molar-refractivity contribution in [1.82, 2.24) is 20.4 Å². The van der Waals surface area contributed by atoms with Gasteiger partial charge in [0.25, 0.3) is 0 Å². The van der Waals surface area contributed by atoms with Crippen molar-refractivity contribution < 1.29 is 9.50 Å². The Morgan fingerprint density at radius 2 is 2.09 bits per heavy atom. The third-order valence-electron chi connectivity index (χ3n) is 3.98. The minimum absolute atomic E-state index is 0.224. The molecule has 3 N–H and O–H groups in total. The van der Waals surface area contributed by atoms with Crippen LogP contribution in [0.3, 0.4) is 0 Å². The Morgan fingerprint density at radius 1 is 1.27 bits per heavy atom. The van der Waals surface area contributed by atoms with Crippen LogP contribution in [0.5, 0.6) is 0 Å². The summed E-state index contributed by atoms with van der Waals surface area (Å²) in [5.41, 5.74) is 2.12. The number of hydrogen-bond donors (Lipinski definition) is 3. The van der Waals surface area contributed by atoms with Gasteiger partial charge in [-0.25, -0.2) is 4.39 Å². The standard InChI is InChI=1S/C16H21FN4O/c17-15-3-1-12(2-4-15)10-21-11-13(6-20-21)5-18-7-14-8-19-9-16(14)22/h1-4,6,11,14,16,18-19,22H,5,7-10H2. The summed E-state index contributed by atoms with van der Waals surface area (Å²) in [5.74, 6) is 0.0481. The predicted molar refractivity (Wildman–Crippen MR) is 81.8 cm³/mol. The van der Waals surface area contributed by atoms with E-state index in [9.17, 15) is 9.50 Å². The molecule has 0 saturated carbocycles. The molecule has 2 heterocycles. The third kappa shape index (κ3) is 3.91. The molecule has 5 nitrogen and oxygen atoms in total. The van der Waals surface area contributed by atoms with Crippen molar-refractivity contribution in [2.75, 3.05) is 19.6 Å². The molecule has 3 rings (SSSR count). The maximum atomic E-state index is 12.9. The van der Waals surface area contributed by atoms with Crippen LogP contribution in [0.4, 0.5) is 4.39 Å². The first kappa shape index (κ1) is 15.1. The smallest absolute Gasteiger partial charge is 0.123 e. The van der Waals surface area contributed by atoms with Crippen molar-refractivity contribution in [3.8, 4) is 0 Å². The van der Waals surface area contributed by atoms with Crippen LogP contribution in [0.25, 0.3) is 0 Å². The van der Waals surface area contributed by atoms with E-state index in [-0.39, 0.29) is 17.8 Å². The fraction of sp³-hybridized carbons (Fsp3) is 0.438. The van der Waals surface area contributed by atoms with Gasteiger partial charge in [0.1, 0.15) is 5.82 Å². The number of aromatic nitrogens is 2. The first-order valence-corrected chi connectivity index (χ1v) is 7.56. The fourth-order valence-corrected chi connectivity index (χ4v) is 2.69. The third-order valence-corrected chi connectivity index (χ3v) is 3.98. The van der Waals surface area contributed by atoms with Crippen LogP contribution in [-0.4, -0.2) is 40.6 Å². The highest BCUT2D eigenvalue weighted by atomic mass is 19.1. The molecule has 1 saturated heterocycles. The molecule has 0 spiro atoms. The maximum Gasteiger partial charge on any atom is 0.123 e. The molecule has 0 amide bonds. The van der Waals surface area contributed by atoms with Crippen LogP contribution in [0.15, 0.2) is 36.7 Å². The monoisotopic (exact) mass is 304 g/mol. The molecule has 0 radical (unpaired) electrons. The van der Waals surface area contributed by atoms with Gasteiger partial charge in [-0.3, -0.25) is 4.68 Å². The van der Waals surface area contributed by atoms with E-state index in [1.807, 2.05) is 17.1 Å². The summed E-state index contributed by atoms with van der Waals surface area (Å²) in [4.78, 5) is 0. The van der Waals surface area contributed by atoms with Gasteiger partial charge >= 0.3 is 0 Å². The molecule has 2 aromatic rings. The zero-order valence-corrected chi connectivity index (χ0v) is 12.4.